The minimum Gasteiger partial charge on any atom is -0.462 e. The van der Waals surface area contributed by atoms with Gasteiger partial charge in [-0.1, -0.05) is 0 Å². The maximum absolute atomic E-state index is 12.0. The molecule has 2 aromatic rings. The molecule has 0 bridgehead atoms. The lowest BCUT2D eigenvalue weighted by Crippen LogP contribution is -2.34. The van der Waals surface area contributed by atoms with Crippen molar-refractivity contribution in [1.29, 1.82) is 0 Å². The molecule has 0 saturated carbocycles. The summed E-state index contributed by atoms with van der Waals surface area (Å²) in [5.74, 6) is -0.580. The molecule has 0 saturated heterocycles. The number of amides is 2. The topological polar surface area (TPSA) is 93.7 Å². The molecular weight excluding hydrogens is 368 g/mol. The average Bonchev–Trinajstić information content (AvgIpc) is 2.96. The van der Waals surface area contributed by atoms with Crippen molar-refractivity contribution in [2.45, 2.75) is 39.7 Å². The lowest BCUT2D eigenvalue weighted by molar-refractivity contribution is -0.116. The fourth-order valence-electron chi connectivity index (χ4n) is 2.24. The molecule has 0 aliphatic carbocycles. The van der Waals surface area contributed by atoms with Gasteiger partial charge in [0, 0.05) is 23.4 Å². The molecule has 27 heavy (non-hydrogen) atoms. The van der Waals surface area contributed by atoms with Gasteiger partial charge in [0.1, 0.15) is 10.5 Å². The van der Waals surface area contributed by atoms with E-state index in [4.69, 9.17) is 9.47 Å². The van der Waals surface area contributed by atoms with E-state index in [-0.39, 0.29) is 24.8 Å². The van der Waals surface area contributed by atoms with E-state index >= 15 is 0 Å². The van der Waals surface area contributed by atoms with Crippen LogP contribution in [0.3, 0.4) is 0 Å². The Kier molecular flexibility index (Phi) is 6.79. The Bertz CT molecular complexity index is 838. The minimum atomic E-state index is -0.579. The van der Waals surface area contributed by atoms with Gasteiger partial charge in [-0.25, -0.2) is 9.59 Å². The zero-order valence-corrected chi connectivity index (χ0v) is 16.7. The molecule has 2 amide bonds. The van der Waals surface area contributed by atoms with Crippen molar-refractivity contribution < 1.29 is 23.9 Å². The van der Waals surface area contributed by atoms with E-state index in [1.54, 1.807) is 45.9 Å². The van der Waals surface area contributed by atoms with E-state index in [1.807, 2.05) is 6.07 Å². The number of nitrogens with one attached hydrogen (secondary N) is 2. The van der Waals surface area contributed by atoms with Crippen molar-refractivity contribution in [2.75, 3.05) is 18.5 Å². The van der Waals surface area contributed by atoms with Gasteiger partial charge in [0.25, 0.3) is 0 Å². The van der Waals surface area contributed by atoms with Gasteiger partial charge < -0.3 is 20.1 Å². The van der Waals surface area contributed by atoms with Gasteiger partial charge in [0.15, 0.2) is 0 Å². The number of alkyl carbamates (subject to hydrolysis) is 1. The van der Waals surface area contributed by atoms with Gasteiger partial charge in [-0.3, -0.25) is 4.79 Å². The molecular formula is C19H24N2O5S. The van der Waals surface area contributed by atoms with Crippen LogP contribution in [0.25, 0.3) is 10.1 Å². The predicted molar refractivity (Wildman–Crippen MR) is 105 cm³/mol. The third-order valence-electron chi connectivity index (χ3n) is 3.30. The molecule has 1 aromatic heterocycles. The van der Waals surface area contributed by atoms with E-state index in [1.165, 1.54) is 11.3 Å². The third-order valence-corrected chi connectivity index (χ3v) is 4.39. The van der Waals surface area contributed by atoms with Gasteiger partial charge in [-0.2, -0.15) is 0 Å². The lowest BCUT2D eigenvalue weighted by atomic mass is 10.2. The van der Waals surface area contributed by atoms with E-state index in [0.29, 0.717) is 17.2 Å². The van der Waals surface area contributed by atoms with Crippen LogP contribution in [-0.4, -0.2) is 36.7 Å². The van der Waals surface area contributed by atoms with E-state index in [9.17, 15) is 14.4 Å². The second-order valence-corrected chi connectivity index (χ2v) is 7.89. The van der Waals surface area contributed by atoms with E-state index in [0.717, 1.165) is 10.1 Å². The summed E-state index contributed by atoms with van der Waals surface area (Å²) in [6, 6.07) is 7.16. The molecule has 0 atom stereocenters. The first-order chi connectivity index (χ1) is 12.7. The number of hydrogen-bond donors (Lipinski definition) is 2. The fourth-order valence-corrected chi connectivity index (χ4v) is 3.18. The van der Waals surface area contributed by atoms with Gasteiger partial charge in [0.05, 0.1) is 6.61 Å². The van der Waals surface area contributed by atoms with Crippen LogP contribution in [0.1, 0.15) is 43.8 Å². The Morgan fingerprint density at radius 3 is 2.56 bits per heavy atom. The van der Waals surface area contributed by atoms with Crippen molar-refractivity contribution >= 4 is 45.1 Å². The molecule has 146 valence electrons. The van der Waals surface area contributed by atoms with Crippen LogP contribution in [0.4, 0.5) is 10.5 Å². The number of carbonyl (C=O) groups is 3. The van der Waals surface area contributed by atoms with Crippen LogP contribution in [0.15, 0.2) is 24.3 Å². The number of esters is 1. The van der Waals surface area contributed by atoms with Crippen LogP contribution < -0.4 is 10.6 Å². The molecule has 1 heterocycles. The zero-order valence-electron chi connectivity index (χ0n) is 15.9. The molecule has 2 N–H and O–H groups in total. The van der Waals surface area contributed by atoms with Crippen LogP contribution in [0.5, 0.6) is 0 Å². The minimum absolute atomic E-state index is 0.120. The molecule has 2 rings (SSSR count). The van der Waals surface area contributed by atoms with E-state index in [2.05, 4.69) is 10.6 Å². The number of rotatable bonds is 6. The van der Waals surface area contributed by atoms with Crippen LogP contribution >= 0.6 is 11.3 Å². The number of hydrogen-bond acceptors (Lipinski definition) is 6. The summed E-state index contributed by atoms with van der Waals surface area (Å²) in [4.78, 5) is 35.9. The van der Waals surface area contributed by atoms with Crippen molar-refractivity contribution in [1.82, 2.24) is 5.32 Å². The first-order valence-corrected chi connectivity index (χ1v) is 9.47. The normalized spacial score (nSPS) is 11.1. The lowest BCUT2D eigenvalue weighted by Gasteiger charge is -2.19. The van der Waals surface area contributed by atoms with E-state index < -0.39 is 11.7 Å². The fraction of sp³-hybridized carbons (Fsp3) is 0.421. The highest BCUT2D eigenvalue weighted by Gasteiger charge is 2.16. The molecule has 0 radical (unpaired) electrons. The molecule has 8 heteroatoms. The number of anilines is 1. The monoisotopic (exact) mass is 392 g/mol. The predicted octanol–water partition coefficient (Wildman–Crippen LogP) is 3.93. The Labute approximate surface area is 162 Å². The Morgan fingerprint density at radius 1 is 1.15 bits per heavy atom. The Hall–Kier alpha value is -2.61. The van der Waals surface area contributed by atoms with Crippen molar-refractivity contribution in [2.24, 2.45) is 0 Å². The van der Waals surface area contributed by atoms with Crippen LogP contribution in [0, 0.1) is 0 Å². The summed E-state index contributed by atoms with van der Waals surface area (Å²) < 4.78 is 11.0. The maximum atomic E-state index is 12.0. The van der Waals surface area contributed by atoms with Crippen LogP contribution in [-0.2, 0) is 14.3 Å². The third kappa shape index (κ3) is 6.56. The summed E-state index contributed by atoms with van der Waals surface area (Å²) in [6.45, 7) is 7.57. The second-order valence-electron chi connectivity index (χ2n) is 6.81. The summed E-state index contributed by atoms with van der Waals surface area (Å²) in [6.07, 6.45) is -0.434. The first kappa shape index (κ1) is 20.7. The highest BCUT2D eigenvalue weighted by molar-refractivity contribution is 7.20. The SMILES string of the molecule is CCOC(=O)c1cc2cc(NC(=O)CCNC(=O)OC(C)(C)C)ccc2s1. The zero-order chi connectivity index (χ0) is 20.0. The largest absolute Gasteiger partial charge is 0.462 e. The second kappa shape index (κ2) is 8.85. The Morgan fingerprint density at radius 2 is 1.89 bits per heavy atom. The standard InChI is InChI=1S/C19H24N2O5S/c1-5-25-17(23)15-11-12-10-13(6-7-14(12)27-15)21-16(22)8-9-20-18(24)26-19(2,3)4/h6-7,10-11H,5,8-9H2,1-4H3,(H,20,24)(H,21,22). The number of fused-ring (bicyclic) bond motifs is 1. The summed E-state index contributed by atoms with van der Waals surface area (Å²) in [5, 5.41) is 6.17. The summed E-state index contributed by atoms with van der Waals surface area (Å²) in [7, 11) is 0. The van der Waals surface area contributed by atoms with Gasteiger partial charge in [0.2, 0.25) is 5.91 Å². The molecule has 0 spiro atoms. The smallest absolute Gasteiger partial charge is 0.407 e. The van der Waals surface area contributed by atoms with Crippen molar-refractivity contribution in [3.8, 4) is 0 Å². The van der Waals surface area contributed by atoms with Crippen molar-refractivity contribution in [3.05, 3.63) is 29.1 Å². The van der Waals surface area contributed by atoms with Gasteiger partial charge in [-0.05, 0) is 57.3 Å². The molecule has 7 nitrogen and oxygen atoms in total. The molecule has 0 aliphatic rings. The van der Waals surface area contributed by atoms with Gasteiger partial charge in [-0.15, -0.1) is 11.3 Å². The molecule has 1 aromatic carbocycles. The number of thiophene rings is 1. The average molecular weight is 392 g/mol. The van der Waals surface area contributed by atoms with Gasteiger partial charge >= 0.3 is 12.1 Å². The highest BCUT2D eigenvalue weighted by Crippen LogP contribution is 2.28. The highest BCUT2D eigenvalue weighted by atomic mass is 32.1. The van der Waals surface area contributed by atoms with Crippen LogP contribution in [0.2, 0.25) is 0 Å². The molecule has 0 fully saturated rings. The summed E-state index contributed by atoms with van der Waals surface area (Å²) >= 11 is 1.35. The number of ether oxygens (including phenoxy) is 2. The summed E-state index contributed by atoms with van der Waals surface area (Å²) in [5.41, 5.74) is 0.0444. The van der Waals surface area contributed by atoms with Crippen molar-refractivity contribution in [3.63, 3.8) is 0 Å². The maximum Gasteiger partial charge on any atom is 0.407 e. The molecule has 0 aliphatic heterocycles. The Balaban J connectivity index is 1.89. The number of benzene rings is 1. The number of carbonyl (C=O) groups excluding carboxylic acids is 3. The quantitative estimate of drug-likeness (QED) is 0.727. The first-order valence-electron chi connectivity index (χ1n) is 8.65. The molecule has 0 unspecified atom stereocenters.